The fraction of sp³-hybridized carbons (Fsp3) is 0.364. The van der Waals surface area contributed by atoms with E-state index in [4.69, 9.17) is 4.84 Å². The Morgan fingerprint density at radius 1 is 1.17 bits per heavy atom. The molecule has 3 atom stereocenters. The molecule has 1 aliphatic heterocycles. The molecule has 1 aliphatic carbocycles. The van der Waals surface area contributed by atoms with Gasteiger partial charge >= 0.3 is 0 Å². The van der Waals surface area contributed by atoms with Gasteiger partial charge in [-0.15, -0.1) is 0 Å². The van der Waals surface area contributed by atoms with E-state index >= 15 is 0 Å². The number of amides is 1. The number of halogens is 1. The normalized spacial score (nSPS) is 25.5. The lowest BCUT2D eigenvalue weighted by Crippen LogP contribution is -2.53. The van der Waals surface area contributed by atoms with E-state index < -0.39 is 26.6 Å². The Bertz CT molecular complexity index is 1100. The molecule has 1 saturated carbocycles. The van der Waals surface area contributed by atoms with Crippen molar-refractivity contribution in [3.05, 3.63) is 64.6 Å². The number of carbonyl (C=O) groups excluding carboxylic acids is 1. The molecule has 2 aromatic carbocycles. The Kier molecular flexibility index (Phi) is 5.48. The summed E-state index contributed by atoms with van der Waals surface area (Å²) in [5.41, 5.74) is 1.54. The summed E-state index contributed by atoms with van der Waals surface area (Å²) >= 11 is 3.46. The third kappa shape index (κ3) is 3.46. The van der Waals surface area contributed by atoms with Crippen LogP contribution in [0.15, 0.2) is 69.1 Å². The molecule has 0 bridgehead atoms. The molecule has 2 aliphatic rings. The molecule has 0 saturated heterocycles. The molecule has 4 rings (SSSR count). The van der Waals surface area contributed by atoms with E-state index in [0.717, 1.165) is 10.0 Å². The smallest absolute Gasteiger partial charge is 0.242 e. The van der Waals surface area contributed by atoms with E-state index in [1.165, 1.54) is 12.1 Å². The number of nitrogens with one attached hydrogen (secondary N) is 1. The maximum absolute atomic E-state index is 13.7. The lowest BCUT2D eigenvalue weighted by molar-refractivity contribution is -0.124. The quantitative estimate of drug-likeness (QED) is 0.692. The highest BCUT2D eigenvalue weighted by molar-refractivity contribution is 9.10. The first kappa shape index (κ1) is 21.1. The van der Waals surface area contributed by atoms with Crippen LogP contribution >= 0.6 is 15.9 Å². The molecule has 1 fully saturated rings. The van der Waals surface area contributed by atoms with Crippen molar-refractivity contribution in [2.24, 2.45) is 11.1 Å². The summed E-state index contributed by atoms with van der Waals surface area (Å²) in [5, 5.41) is 7.07. The van der Waals surface area contributed by atoms with Gasteiger partial charge in [-0.1, -0.05) is 51.4 Å². The van der Waals surface area contributed by atoms with Crippen molar-refractivity contribution >= 4 is 37.4 Å². The molecular formula is C22H23BrN2O4S. The highest BCUT2D eigenvalue weighted by Crippen LogP contribution is 2.48. The molecule has 0 aromatic heterocycles. The monoisotopic (exact) mass is 490 g/mol. The van der Waals surface area contributed by atoms with Crippen LogP contribution in [-0.2, 0) is 19.5 Å². The molecule has 158 valence electrons. The van der Waals surface area contributed by atoms with Crippen LogP contribution in [0.1, 0.15) is 32.3 Å². The van der Waals surface area contributed by atoms with Gasteiger partial charge in [0.2, 0.25) is 5.91 Å². The minimum Gasteiger partial charge on any atom is -0.391 e. The fourth-order valence-corrected chi connectivity index (χ4v) is 6.72. The highest BCUT2D eigenvalue weighted by atomic mass is 79.9. The Hall–Kier alpha value is -2.19. The van der Waals surface area contributed by atoms with Gasteiger partial charge in [-0.2, -0.15) is 0 Å². The summed E-state index contributed by atoms with van der Waals surface area (Å²) in [4.78, 5) is 19.1. The summed E-state index contributed by atoms with van der Waals surface area (Å²) in [6.45, 7) is 3.64. The second-order valence-corrected chi connectivity index (χ2v) is 11.3. The topological polar surface area (TPSA) is 84.8 Å². The van der Waals surface area contributed by atoms with Crippen LogP contribution in [0, 0.1) is 5.92 Å². The Morgan fingerprint density at radius 3 is 2.57 bits per heavy atom. The van der Waals surface area contributed by atoms with Crippen LogP contribution < -0.4 is 5.32 Å². The number of hydrogen-bond donors (Lipinski definition) is 1. The van der Waals surface area contributed by atoms with Gasteiger partial charge in [0.25, 0.3) is 0 Å². The van der Waals surface area contributed by atoms with E-state index in [-0.39, 0.29) is 29.7 Å². The summed E-state index contributed by atoms with van der Waals surface area (Å²) in [5.74, 6) is -0.761. The summed E-state index contributed by atoms with van der Waals surface area (Å²) in [6, 6.07) is 15.6. The van der Waals surface area contributed by atoms with Gasteiger partial charge in [0.15, 0.2) is 14.6 Å². The number of fused-ring (bicyclic) bond motifs is 1. The second-order valence-electron chi connectivity index (χ2n) is 8.08. The van der Waals surface area contributed by atoms with Crippen LogP contribution in [-0.4, -0.2) is 36.9 Å². The molecular weight excluding hydrogens is 468 g/mol. The third-order valence-electron chi connectivity index (χ3n) is 5.69. The number of carbonyl (C=O) groups is 1. The number of nitrogens with zero attached hydrogens (tertiary/aromatic N) is 1. The van der Waals surface area contributed by atoms with Crippen molar-refractivity contribution in [1.29, 1.82) is 0 Å². The van der Waals surface area contributed by atoms with Crippen molar-refractivity contribution in [2.45, 2.75) is 48.5 Å². The van der Waals surface area contributed by atoms with Gasteiger partial charge in [0.05, 0.1) is 10.6 Å². The minimum absolute atomic E-state index is 0.0639. The lowest BCUT2D eigenvalue weighted by atomic mass is 9.93. The number of oxime groups is 1. The van der Waals surface area contributed by atoms with Crippen LogP contribution in [0.25, 0.3) is 0 Å². The van der Waals surface area contributed by atoms with Gasteiger partial charge in [0, 0.05) is 28.4 Å². The maximum Gasteiger partial charge on any atom is 0.242 e. The average molecular weight is 491 g/mol. The number of hydrogen-bond acceptors (Lipinski definition) is 5. The van der Waals surface area contributed by atoms with Gasteiger partial charge in [-0.05, 0) is 44.5 Å². The second kappa shape index (κ2) is 7.81. The predicted molar refractivity (Wildman–Crippen MR) is 118 cm³/mol. The van der Waals surface area contributed by atoms with Gasteiger partial charge in [0.1, 0.15) is 6.10 Å². The largest absolute Gasteiger partial charge is 0.391 e. The van der Waals surface area contributed by atoms with Crippen LogP contribution in [0.3, 0.4) is 0 Å². The van der Waals surface area contributed by atoms with Gasteiger partial charge < -0.3 is 10.2 Å². The van der Waals surface area contributed by atoms with E-state index in [2.05, 4.69) is 26.4 Å². The van der Waals surface area contributed by atoms with Crippen molar-refractivity contribution < 1.29 is 18.0 Å². The van der Waals surface area contributed by atoms with Crippen LogP contribution in [0.5, 0.6) is 0 Å². The lowest BCUT2D eigenvalue weighted by Gasteiger charge is -2.29. The first-order valence-corrected chi connectivity index (χ1v) is 12.1. The van der Waals surface area contributed by atoms with E-state index in [1.807, 2.05) is 38.1 Å². The first-order valence-electron chi connectivity index (χ1n) is 9.85. The van der Waals surface area contributed by atoms with Gasteiger partial charge in [-0.3, -0.25) is 4.79 Å². The molecule has 1 N–H and O–H groups in total. The van der Waals surface area contributed by atoms with Crippen molar-refractivity contribution in [3.63, 3.8) is 0 Å². The Labute approximate surface area is 184 Å². The summed E-state index contributed by atoms with van der Waals surface area (Å²) in [6.07, 6.45) is -0.275. The molecule has 8 heteroatoms. The van der Waals surface area contributed by atoms with E-state index in [9.17, 15) is 13.2 Å². The highest BCUT2D eigenvalue weighted by Gasteiger charge is 2.62. The number of sulfone groups is 1. The van der Waals surface area contributed by atoms with Crippen LogP contribution in [0.4, 0.5) is 0 Å². The molecule has 2 aromatic rings. The summed E-state index contributed by atoms with van der Waals surface area (Å²) in [7, 11) is -3.96. The average Bonchev–Trinajstić information content (AvgIpc) is 3.27. The first-order chi connectivity index (χ1) is 14.2. The molecule has 30 heavy (non-hydrogen) atoms. The SMILES string of the molecule is CC(C)NC(=O)[C@]1(S(=O)(=O)c2ccccc2)C[C@@H]2C(c3cccc(Br)c3)=NO[C@@H]2C1. The van der Waals surface area contributed by atoms with E-state index in [0.29, 0.717) is 5.71 Å². The molecule has 6 nitrogen and oxygen atoms in total. The zero-order valence-corrected chi connectivity index (χ0v) is 19.1. The van der Waals surface area contributed by atoms with E-state index in [1.54, 1.807) is 18.2 Å². The zero-order valence-electron chi connectivity index (χ0n) is 16.7. The number of benzene rings is 2. The fourth-order valence-electron chi connectivity index (χ4n) is 4.27. The Balaban J connectivity index is 1.76. The molecule has 1 amide bonds. The minimum atomic E-state index is -3.96. The zero-order chi connectivity index (χ0) is 21.5. The molecule has 1 heterocycles. The molecule has 0 radical (unpaired) electrons. The predicted octanol–water partition coefficient (Wildman–Crippen LogP) is 3.70. The van der Waals surface area contributed by atoms with Crippen molar-refractivity contribution in [2.75, 3.05) is 0 Å². The third-order valence-corrected chi connectivity index (χ3v) is 8.62. The van der Waals surface area contributed by atoms with Crippen LogP contribution in [0.2, 0.25) is 0 Å². The summed E-state index contributed by atoms with van der Waals surface area (Å²) < 4.78 is 26.8. The number of rotatable bonds is 5. The van der Waals surface area contributed by atoms with Crippen molar-refractivity contribution in [1.82, 2.24) is 5.32 Å². The van der Waals surface area contributed by atoms with Gasteiger partial charge in [-0.25, -0.2) is 8.42 Å². The maximum atomic E-state index is 13.7. The standard InChI is InChI=1S/C22H23BrN2O4S/c1-14(2)24-21(26)22(30(27,28)17-9-4-3-5-10-17)12-18-19(13-22)29-25-20(18)15-7-6-8-16(23)11-15/h3-11,14,18-19H,12-13H2,1-2H3,(H,24,26)/t18-,19+,22-/m0/s1. The molecule has 0 spiro atoms. The Morgan fingerprint density at radius 2 is 1.90 bits per heavy atom. The molecule has 0 unspecified atom stereocenters. The van der Waals surface area contributed by atoms with Crippen molar-refractivity contribution in [3.8, 4) is 0 Å².